The van der Waals surface area contributed by atoms with Gasteiger partial charge in [-0.3, -0.25) is 0 Å². The molecule has 0 unspecified atom stereocenters. The van der Waals surface area contributed by atoms with E-state index in [4.69, 9.17) is 9.47 Å². The Kier molecular flexibility index (Phi) is 8.60. The van der Waals surface area contributed by atoms with Gasteiger partial charge >= 0.3 is 0 Å². The smallest absolute Gasteiger partial charge is 0.124 e. The molecule has 0 aliphatic heterocycles. The number of hydrogen-bond donors (Lipinski definition) is 0. The van der Waals surface area contributed by atoms with E-state index < -0.39 is 0 Å². The van der Waals surface area contributed by atoms with Crippen LogP contribution in [0, 0.1) is 48.5 Å². The molecule has 0 heterocycles. The van der Waals surface area contributed by atoms with Gasteiger partial charge in [0.25, 0.3) is 0 Å². The van der Waals surface area contributed by atoms with Gasteiger partial charge in [-0.15, -0.1) is 0 Å². The van der Waals surface area contributed by atoms with Crippen molar-refractivity contribution in [2.45, 2.75) is 55.9 Å². The summed E-state index contributed by atoms with van der Waals surface area (Å²) in [4.78, 5) is 0. The highest BCUT2D eigenvalue weighted by atomic mass is 16.5. The Balaban J connectivity index is 0.000000425. The Morgan fingerprint density at radius 2 is 0.958 bits per heavy atom. The van der Waals surface area contributed by atoms with E-state index in [2.05, 4.69) is 66.7 Å². The first kappa shape index (κ1) is 22.0. The van der Waals surface area contributed by atoms with Crippen LogP contribution in [-0.2, 0) is 0 Å². The topological polar surface area (TPSA) is 18.5 Å². The van der Waals surface area contributed by atoms with Crippen LogP contribution in [-0.4, -0.2) is 14.2 Å². The lowest BCUT2D eigenvalue weighted by atomic mass is 10.00. The summed E-state index contributed by atoms with van der Waals surface area (Å²) in [6.07, 6.45) is 0. The monoisotopic (exact) mass is 330 g/mol. The molecule has 0 amide bonds. The minimum absolute atomic E-state index is 0. The molecular weight excluding hydrogens is 296 g/mol. The maximum absolute atomic E-state index is 5.31. The molecule has 0 saturated carbocycles. The zero-order chi connectivity index (χ0) is 17.7. The molecule has 0 N–H and O–H groups in total. The van der Waals surface area contributed by atoms with E-state index in [1.54, 1.807) is 14.2 Å². The molecule has 0 spiro atoms. The summed E-state index contributed by atoms with van der Waals surface area (Å²) in [5, 5.41) is 0. The highest BCUT2D eigenvalue weighted by Gasteiger charge is 2.07. The maximum Gasteiger partial charge on any atom is 0.124 e. The lowest BCUT2D eigenvalue weighted by Gasteiger charge is -2.12. The van der Waals surface area contributed by atoms with Crippen LogP contribution < -0.4 is 9.47 Å². The van der Waals surface area contributed by atoms with Gasteiger partial charge in [0, 0.05) is 0 Å². The second-order valence-corrected chi connectivity index (χ2v) is 6.23. The van der Waals surface area contributed by atoms with E-state index in [9.17, 15) is 0 Å². The van der Waals surface area contributed by atoms with Crippen molar-refractivity contribution in [3.63, 3.8) is 0 Å². The predicted molar refractivity (Wildman–Crippen MR) is 106 cm³/mol. The number of methoxy groups -OCH3 is 2. The Morgan fingerprint density at radius 1 is 0.542 bits per heavy atom. The largest absolute Gasteiger partial charge is 0.496 e. The molecule has 2 nitrogen and oxygen atoms in total. The van der Waals surface area contributed by atoms with Crippen molar-refractivity contribution in [1.82, 2.24) is 0 Å². The first-order chi connectivity index (χ1) is 10.7. The molecule has 0 atom stereocenters. The summed E-state index contributed by atoms with van der Waals surface area (Å²) in [6.45, 7) is 14.7. The summed E-state index contributed by atoms with van der Waals surface area (Å²) in [6, 6.07) is 6.43. The highest BCUT2D eigenvalue weighted by molar-refractivity contribution is 5.48. The van der Waals surface area contributed by atoms with Crippen molar-refractivity contribution in [3.05, 3.63) is 57.1 Å². The number of benzene rings is 2. The van der Waals surface area contributed by atoms with Crippen molar-refractivity contribution in [2.75, 3.05) is 14.2 Å². The average Bonchev–Trinajstić information content (AvgIpc) is 2.45. The molecular formula is C22H34O2. The molecule has 0 fully saturated rings. The van der Waals surface area contributed by atoms with Crippen molar-refractivity contribution in [1.29, 1.82) is 0 Å². The van der Waals surface area contributed by atoms with Crippen molar-refractivity contribution >= 4 is 0 Å². The Bertz CT molecular complexity index is 662. The summed E-state index contributed by atoms with van der Waals surface area (Å²) in [5.74, 6) is 2.04. The summed E-state index contributed by atoms with van der Waals surface area (Å²) >= 11 is 0. The molecule has 134 valence electrons. The Morgan fingerprint density at radius 3 is 1.38 bits per heavy atom. The second kappa shape index (κ2) is 9.36. The molecule has 0 radical (unpaired) electrons. The average molecular weight is 331 g/mol. The summed E-state index contributed by atoms with van der Waals surface area (Å²) < 4.78 is 10.5. The van der Waals surface area contributed by atoms with Crippen LogP contribution in [0.4, 0.5) is 0 Å². The van der Waals surface area contributed by atoms with E-state index >= 15 is 0 Å². The molecule has 2 rings (SSSR count). The van der Waals surface area contributed by atoms with Crippen molar-refractivity contribution in [3.8, 4) is 11.5 Å². The molecule has 0 aliphatic carbocycles. The van der Waals surface area contributed by atoms with Crippen molar-refractivity contribution in [2.24, 2.45) is 0 Å². The van der Waals surface area contributed by atoms with Gasteiger partial charge in [0.2, 0.25) is 0 Å². The van der Waals surface area contributed by atoms with Gasteiger partial charge in [0.05, 0.1) is 14.2 Å². The minimum Gasteiger partial charge on any atom is -0.496 e. The van der Waals surface area contributed by atoms with Crippen LogP contribution in [0.2, 0.25) is 0 Å². The number of rotatable bonds is 2. The fourth-order valence-corrected chi connectivity index (χ4v) is 3.06. The van der Waals surface area contributed by atoms with Gasteiger partial charge < -0.3 is 9.47 Å². The van der Waals surface area contributed by atoms with Gasteiger partial charge in [0.15, 0.2) is 0 Å². The van der Waals surface area contributed by atoms with Gasteiger partial charge in [-0.25, -0.2) is 0 Å². The van der Waals surface area contributed by atoms with Crippen molar-refractivity contribution < 1.29 is 9.47 Å². The van der Waals surface area contributed by atoms with Gasteiger partial charge in [-0.1, -0.05) is 31.2 Å². The molecule has 0 aromatic heterocycles. The normalized spacial score (nSPS) is 9.54. The summed E-state index contributed by atoms with van der Waals surface area (Å²) in [7, 11) is 3.44. The zero-order valence-corrected chi connectivity index (χ0v) is 16.0. The van der Waals surface area contributed by atoms with Crippen LogP contribution in [0.5, 0.6) is 11.5 Å². The minimum atomic E-state index is 0. The molecule has 0 saturated heterocycles. The first-order valence-corrected chi connectivity index (χ1v) is 7.96. The third-order valence-electron chi connectivity index (χ3n) is 4.30. The van der Waals surface area contributed by atoms with Gasteiger partial charge in [0.1, 0.15) is 11.5 Å². The molecule has 0 bridgehead atoms. The van der Waals surface area contributed by atoms with E-state index in [0.29, 0.717) is 0 Å². The van der Waals surface area contributed by atoms with E-state index in [1.165, 1.54) is 38.9 Å². The SMILES string of the molecule is C.COc1c(C)cc(C)c(C)c1C.COc1c(C)cc(C)cc1C. The van der Waals surface area contributed by atoms with Gasteiger partial charge in [-0.05, 0) is 81.8 Å². The lowest BCUT2D eigenvalue weighted by Crippen LogP contribution is -1.95. The zero-order valence-electron chi connectivity index (χ0n) is 16.0. The molecule has 0 aliphatic rings. The molecule has 2 aromatic rings. The third kappa shape index (κ3) is 5.02. The molecule has 24 heavy (non-hydrogen) atoms. The van der Waals surface area contributed by atoms with Gasteiger partial charge in [-0.2, -0.15) is 0 Å². The van der Waals surface area contributed by atoms with E-state index in [1.807, 2.05) is 0 Å². The maximum atomic E-state index is 5.31. The lowest BCUT2D eigenvalue weighted by molar-refractivity contribution is 0.408. The first-order valence-electron chi connectivity index (χ1n) is 7.96. The molecule has 2 heteroatoms. The third-order valence-corrected chi connectivity index (χ3v) is 4.30. The second-order valence-electron chi connectivity index (χ2n) is 6.23. The Hall–Kier alpha value is -1.96. The fraction of sp³-hybridized carbons (Fsp3) is 0.455. The van der Waals surface area contributed by atoms with Crippen LogP contribution in [0.1, 0.15) is 46.4 Å². The van der Waals surface area contributed by atoms with E-state index in [-0.39, 0.29) is 7.43 Å². The number of aryl methyl sites for hydroxylation is 5. The highest BCUT2D eigenvalue weighted by Crippen LogP contribution is 2.27. The predicted octanol–water partition coefficient (Wildman–Crippen LogP) is 6.19. The number of ether oxygens (including phenoxy) is 2. The quantitative estimate of drug-likeness (QED) is 0.654. The van der Waals surface area contributed by atoms with Crippen LogP contribution in [0.15, 0.2) is 18.2 Å². The number of hydrogen-bond acceptors (Lipinski definition) is 2. The van der Waals surface area contributed by atoms with E-state index in [0.717, 1.165) is 11.5 Å². The fourth-order valence-electron chi connectivity index (χ4n) is 3.06. The van der Waals surface area contributed by atoms with Crippen LogP contribution >= 0.6 is 0 Å². The van der Waals surface area contributed by atoms with Crippen LogP contribution in [0.25, 0.3) is 0 Å². The summed E-state index contributed by atoms with van der Waals surface area (Å²) in [5.41, 5.74) is 8.87. The standard InChI is InChI=1S/C11H16O.C10H14O.CH4/c1-7-6-8(2)11(12-5)10(4)9(7)3;1-7-5-8(2)10(11-4)9(3)6-7;/h6H,1-5H3;5-6H,1-4H3;1H4. The van der Waals surface area contributed by atoms with Crippen LogP contribution in [0.3, 0.4) is 0 Å². The Labute approximate surface area is 148 Å². The molecule has 2 aromatic carbocycles.